The van der Waals surface area contributed by atoms with Gasteiger partial charge < -0.3 is 4.74 Å². The number of hydrogen-bond acceptors (Lipinski definition) is 4. The molecule has 0 aliphatic heterocycles. The number of carbonyl (C=O) groups excluding carboxylic acids is 1. The molecule has 1 saturated carbocycles. The zero-order valence-electron chi connectivity index (χ0n) is 9.97. The number of halogens is 1. The molecule has 0 spiro atoms. The Balaban J connectivity index is 2.27. The Hall–Kier alpha value is -1.98. The van der Waals surface area contributed by atoms with Crippen LogP contribution in [0.4, 0.5) is 10.1 Å². The molecule has 0 aromatic heterocycles. The number of nitro groups is 1. The second kappa shape index (κ2) is 4.04. The summed E-state index contributed by atoms with van der Waals surface area (Å²) in [6.45, 7) is 3.41. The lowest BCUT2D eigenvalue weighted by atomic mass is 9.68. The van der Waals surface area contributed by atoms with Crippen LogP contribution in [-0.4, -0.2) is 16.8 Å². The normalized spacial score (nSPS) is 21.3. The number of benzene rings is 1. The maximum Gasteiger partial charge on any atom is 0.311 e. The van der Waals surface area contributed by atoms with Gasteiger partial charge in [0.25, 0.3) is 0 Å². The highest BCUT2D eigenvalue weighted by atomic mass is 19.1. The lowest BCUT2D eigenvalue weighted by Gasteiger charge is -2.41. The Morgan fingerprint density at radius 2 is 2.17 bits per heavy atom. The van der Waals surface area contributed by atoms with Crippen LogP contribution in [0.1, 0.15) is 20.3 Å². The molecule has 1 aliphatic rings. The molecule has 2 rings (SSSR count). The predicted octanol–water partition coefficient (Wildman–Crippen LogP) is 2.48. The van der Waals surface area contributed by atoms with Gasteiger partial charge in [0.2, 0.25) is 0 Å². The molecule has 1 fully saturated rings. The average molecular weight is 253 g/mol. The molecule has 1 atom stereocenters. The summed E-state index contributed by atoms with van der Waals surface area (Å²) in [6, 6.07) is 3.03. The van der Waals surface area contributed by atoms with Crippen LogP contribution in [0.25, 0.3) is 0 Å². The zero-order valence-corrected chi connectivity index (χ0v) is 9.97. The van der Waals surface area contributed by atoms with Crippen LogP contribution in [-0.2, 0) is 4.79 Å². The van der Waals surface area contributed by atoms with Crippen molar-refractivity contribution in [2.75, 3.05) is 0 Å². The fourth-order valence-electron chi connectivity index (χ4n) is 1.81. The van der Waals surface area contributed by atoms with E-state index in [4.69, 9.17) is 4.74 Å². The molecule has 0 radical (unpaired) electrons. The van der Waals surface area contributed by atoms with Crippen molar-refractivity contribution in [2.24, 2.45) is 5.41 Å². The molecule has 0 N–H and O–H groups in total. The van der Waals surface area contributed by atoms with Crippen LogP contribution in [0.3, 0.4) is 0 Å². The highest BCUT2D eigenvalue weighted by Gasteiger charge is 2.49. The Kier molecular flexibility index (Phi) is 2.80. The van der Waals surface area contributed by atoms with Crippen molar-refractivity contribution in [2.45, 2.75) is 26.4 Å². The molecule has 0 saturated heterocycles. The van der Waals surface area contributed by atoms with Crippen molar-refractivity contribution in [3.05, 3.63) is 34.1 Å². The van der Waals surface area contributed by atoms with E-state index in [1.165, 1.54) is 0 Å². The fourth-order valence-corrected chi connectivity index (χ4v) is 1.81. The van der Waals surface area contributed by atoms with Gasteiger partial charge in [0, 0.05) is 18.6 Å². The van der Waals surface area contributed by atoms with E-state index in [0.717, 1.165) is 18.2 Å². The Morgan fingerprint density at radius 1 is 1.50 bits per heavy atom. The third-order valence-electron chi connectivity index (χ3n) is 3.28. The Morgan fingerprint density at radius 3 is 2.67 bits per heavy atom. The van der Waals surface area contributed by atoms with Crippen molar-refractivity contribution >= 4 is 11.5 Å². The third-order valence-corrected chi connectivity index (χ3v) is 3.28. The molecule has 6 heteroatoms. The number of nitro benzene ring substituents is 1. The molecule has 0 bridgehead atoms. The first-order valence-electron chi connectivity index (χ1n) is 5.46. The van der Waals surface area contributed by atoms with Crippen LogP contribution < -0.4 is 4.74 Å². The van der Waals surface area contributed by atoms with Gasteiger partial charge in [-0.05, 0) is 19.9 Å². The third kappa shape index (κ3) is 1.94. The maximum absolute atomic E-state index is 13.1. The molecule has 1 unspecified atom stereocenters. The van der Waals surface area contributed by atoms with Crippen molar-refractivity contribution in [3.8, 4) is 5.75 Å². The SMILES string of the molecule is CC1(C)C(=O)CC1Oc1cc(F)ccc1[N+](=O)[O-]. The van der Waals surface area contributed by atoms with E-state index < -0.39 is 22.3 Å². The molecule has 0 heterocycles. The highest BCUT2D eigenvalue weighted by Crippen LogP contribution is 2.41. The van der Waals surface area contributed by atoms with E-state index >= 15 is 0 Å². The molecule has 18 heavy (non-hydrogen) atoms. The fraction of sp³-hybridized carbons (Fsp3) is 0.417. The first-order chi connectivity index (χ1) is 8.32. The summed E-state index contributed by atoms with van der Waals surface area (Å²) in [5, 5.41) is 10.8. The van der Waals surface area contributed by atoms with E-state index in [2.05, 4.69) is 0 Å². The second-order valence-electron chi connectivity index (χ2n) is 4.82. The molecule has 5 nitrogen and oxygen atoms in total. The van der Waals surface area contributed by atoms with E-state index in [1.54, 1.807) is 13.8 Å². The number of Topliss-reactive ketones (excluding diaryl/α,β-unsaturated/α-hetero) is 1. The van der Waals surface area contributed by atoms with Crippen molar-refractivity contribution in [1.29, 1.82) is 0 Å². The van der Waals surface area contributed by atoms with Crippen molar-refractivity contribution in [1.82, 2.24) is 0 Å². The van der Waals surface area contributed by atoms with Crippen LogP contribution >= 0.6 is 0 Å². The second-order valence-corrected chi connectivity index (χ2v) is 4.82. The van der Waals surface area contributed by atoms with Gasteiger partial charge in [-0.3, -0.25) is 14.9 Å². The maximum atomic E-state index is 13.1. The van der Waals surface area contributed by atoms with Gasteiger partial charge in [0.15, 0.2) is 5.75 Å². The van der Waals surface area contributed by atoms with Gasteiger partial charge >= 0.3 is 5.69 Å². The van der Waals surface area contributed by atoms with Gasteiger partial charge in [-0.1, -0.05) is 0 Å². The van der Waals surface area contributed by atoms with E-state index in [1.807, 2.05) is 0 Å². The van der Waals surface area contributed by atoms with E-state index in [9.17, 15) is 19.3 Å². The van der Waals surface area contributed by atoms with Crippen LogP contribution in [0, 0.1) is 21.3 Å². The summed E-state index contributed by atoms with van der Waals surface area (Å²) in [5.74, 6) is -0.712. The van der Waals surface area contributed by atoms with Gasteiger partial charge in [-0.2, -0.15) is 0 Å². The number of ether oxygens (including phenoxy) is 1. The predicted molar refractivity (Wildman–Crippen MR) is 60.9 cm³/mol. The standard InChI is InChI=1S/C12H12FNO4/c1-12(2)10(15)6-11(12)18-9-5-7(13)3-4-8(9)14(16)17/h3-5,11H,6H2,1-2H3. The van der Waals surface area contributed by atoms with Crippen LogP contribution in [0.2, 0.25) is 0 Å². The summed E-state index contributed by atoms with van der Waals surface area (Å²) in [7, 11) is 0. The van der Waals surface area contributed by atoms with Crippen LogP contribution in [0.15, 0.2) is 18.2 Å². The molecule has 1 aromatic carbocycles. The summed E-state index contributed by atoms with van der Waals surface area (Å²) < 4.78 is 18.5. The zero-order chi connectivity index (χ0) is 13.5. The number of nitrogens with zero attached hydrogens (tertiary/aromatic N) is 1. The smallest absolute Gasteiger partial charge is 0.311 e. The van der Waals surface area contributed by atoms with Crippen molar-refractivity contribution < 1.29 is 18.8 Å². The van der Waals surface area contributed by atoms with Crippen molar-refractivity contribution in [3.63, 3.8) is 0 Å². The summed E-state index contributed by atoms with van der Waals surface area (Å²) >= 11 is 0. The summed E-state index contributed by atoms with van der Waals surface area (Å²) in [5.41, 5.74) is -0.980. The molecule has 1 aliphatic carbocycles. The Bertz CT molecular complexity index is 527. The number of rotatable bonds is 3. The minimum absolute atomic E-state index is 0.0338. The highest BCUT2D eigenvalue weighted by molar-refractivity contribution is 5.91. The molecule has 0 amide bonds. The number of carbonyl (C=O) groups is 1. The minimum Gasteiger partial charge on any atom is -0.482 e. The molecule has 96 valence electrons. The largest absolute Gasteiger partial charge is 0.482 e. The number of hydrogen-bond donors (Lipinski definition) is 0. The quantitative estimate of drug-likeness (QED) is 0.613. The van der Waals surface area contributed by atoms with E-state index in [0.29, 0.717) is 0 Å². The van der Waals surface area contributed by atoms with E-state index in [-0.39, 0.29) is 23.6 Å². The topological polar surface area (TPSA) is 69.4 Å². The van der Waals surface area contributed by atoms with Gasteiger partial charge in [-0.15, -0.1) is 0 Å². The first kappa shape index (κ1) is 12.5. The van der Waals surface area contributed by atoms with Gasteiger partial charge in [-0.25, -0.2) is 4.39 Å². The monoisotopic (exact) mass is 253 g/mol. The Labute approximate surface area is 103 Å². The lowest BCUT2D eigenvalue weighted by Crippen LogP contribution is -2.53. The molecule has 1 aromatic rings. The summed E-state index contributed by atoms with van der Waals surface area (Å²) in [4.78, 5) is 21.5. The summed E-state index contributed by atoms with van der Waals surface area (Å²) in [6.07, 6.45) is -0.258. The minimum atomic E-state index is -0.680. The first-order valence-corrected chi connectivity index (χ1v) is 5.46. The van der Waals surface area contributed by atoms with Gasteiger partial charge in [0.1, 0.15) is 17.7 Å². The number of ketones is 1. The average Bonchev–Trinajstić information content (AvgIpc) is 2.28. The van der Waals surface area contributed by atoms with Crippen LogP contribution in [0.5, 0.6) is 5.75 Å². The van der Waals surface area contributed by atoms with Gasteiger partial charge in [0.05, 0.1) is 10.3 Å². The lowest BCUT2D eigenvalue weighted by molar-refractivity contribution is -0.386. The molecular weight excluding hydrogens is 241 g/mol. The molecular formula is C12H12FNO4.